The van der Waals surface area contributed by atoms with Gasteiger partial charge in [0.2, 0.25) is 0 Å². The molecule has 0 saturated carbocycles. The average Bonchev–Trinajstić information content (AvgIpc) is 3.22. The molecule has 0 aliphatic carbocycles. The predicted molar refractivity (Wildman–Crippen MR) is 122 cm³/mol. The van der Waals surface area contributed by atoms with Gasteiger partial charge in [-0.05, 0) is 72.3 Å². The van der Waals surface area contributed by atoms with Gasteiger partial charge in [-0.25, -0.2) is 0 Å². The second kappa shape index (κ2) is 8.77. The van der Waals surface area contributed by atoms with Gasteiger partial charge in [-0.1, -0.05) is 84.4 Å². The van der Waals surface area contributed by atoms with Crippen molar-refractivity contribution < 1.29 is 0 Å². The van der Waals surface area contributed by atoms with Crippen molar-refractivity contribution in [2.75, 3.05) is 13.1 Å². The summed E-state index contributed by atoms with van der Waals surface area (Å²) in [6.45, 7) is 5.59. The number of rotatable bonds is 5. The van der Waals surface area contributed by atoms with E-state index < -0.39 is 0 Å². The van der Waals surface area contributed by atoms with Crippen LogP contribution < -0.4 is 0 Å². The molecule has 4 rings (SSSR count). The Labute approximate surface area is 173 Å². The number of benzene rings is 3. The van der Waals surface area contributed by atoms with E-state index in [0.717, 1.165) is 17.1 Å². The first-order valence-electron chi connectivity index (χ1n) is 10.0. The summed E-state index contributed by atoms with van der Waals surface area (Å²) in [5.74, 6) is 0. The number of hydrogen-bond donors (Lipinski definition) is 0. The van der Waals surface area contributed by atoms with Crippen molar-refractivity contribution in [1.82, 2.24) is 4.90 Å². The van der Waals surface area contributed by atoms with Gasteiger partial charge < -0.3 is 0 Å². The minimum absolute atomic E-state index is 0.824. The first-order valence-corrected chi connectivity index (χ1v) is 10.4. The lowest BCUT2D eigenvalue weighted by atomic mass is 9.96. The molecule has 1 heterocycles. The Morgan fingerprint density at radius 2 is 1.61 bits per heavy atom. The second-order valence-electron chi connectivity index (χ2n) is 7.56. The molecule has 1 fully saturated rings. The largest absolute Gasteiger partial charge is 0.299 e. The third kappa shape index (κ3) is 4.38. The van der Waals surface area contributed by atoms with Crippen molar-refractivity contribution in [3.05, 3.63) is 94.0 Å². The number of halogens is 1. The van der Waals surface area contributed by atoms with Crippen LogP contribution in [-0.4, -0.2) is 18.0 Å². The summed E-state index contributed by atoms with van der Waals surface area (Å²) in [4.78, 5) is 2.50. The molecule has 0 spiro atoms. The molecule has 0 amide bonds. The fourth-order valence-corrected chi connectivity index (χ4v) is 4.21. The van der Waals surface area contributed by atoms with Gasteiger partial charge >= 0.3 is 0 Å². The number of likely N-dealkylation sites (tertiary alicyclic amines) is 1. The molecule has 0 bridgehead atoms. The van der Waals surface area contributed by atoms with E-state index in [1.807, 2.05) is 0 Å². The Hall–Kier alpha value is -2.35. The van der Waals surface area contributed by atoms with E-state index in [9.17, 15) is 0 Å². The minimum atomic E-state index is 0.824. The molecular weight excluding hydrogens is 362 g/mol. The fourth-order valence-electron chi connectivity index (χ4n) is 3.95. The molecule has 3 aromatic carbocycles. The molecule has 0 N–H and O–H groups in total. The zero-order valence-corrected chi connectivity index (χ0v) is 17.1. The van der Waals surface area contributed by atoms with E-state index in [4.69, 9.17) is 11.6 Å². The summed E-state index contributed by atoms with van der Waals surface area (Å²) in [7, 11) is 0. The quantitative estimate of drug-likeness (QED) is 0.422. The fraction of sp³-hybridized carbons (Fsp3) is 0.231. The minimum Gasteiger partial charge on any atom is -0.299 e. The lowest BCUT2D eigenvalue weighted by Crippen LogP contribution is -2.18. The molecule has 3 aromatic rings. The molecule has 0 atom stereocenters. The highest BCUT2D eigenvalue weighted by Crippen LogP contribution is 2.28. The average molecular weight is 388 g/mol. The highest BCUT2D eigenvalue weighted by Gasteiger charge is 2.12. The van der Waals surface area contributed by atoms with Crippen LogP contribution in [-0.2, 0) is 6.54 Å². The Bertz CT molecular complexity index is 969. The molecule has 0 radical (unpaired) electrons. The van der Waals surface area contributed by atoms with Crippen LogP contribution >= 0.6 is 11.6 Å². The van der Waals surface area contributed by atoms with Gasteiger partial charge in [0.25, 0.3) is 0 Å². The third-order valence-corrected chi connectivity index (χ3v) is 5.90. The van der Waals surface area contributed by atoms with Gasteiger partial charge in [0.1, 0.15) is 0 Å². The van der Waals surface area contributed by atoms with Crippen LogP contribution in [0.3, 0.4) is 0 Å². The Morgan fingerprint density at radius 3 is 2.36 bits per heavy atom. The Kier molecular flexibility index (Phi) is 5.95. The molecule has 2 heteroatoms. The first kappa shape index (κ1) is 19.0. The monoisotopic (exact) mass is 387 g/mol. The Balaban J connectivity index is 1.54. The zero-order valence-electron chi connectivity index (χ0n) is 16.4. The van der Waals surface area contributed by atoms with Crippen LogP contribution in [0.4, 0.5) is 0 Å². The third-order valence-electron chi connectivity index (χ3n) is 5.57. The zero-order chi connectivity index (χ0) is 19.3. The molecule has 142 valence electrons. The van der Waals surface area contributed by atoms with Gasteiger partial charge in [0, 0.05) is 11.6 Å². The topological polar surface area (TPSA) is 3.24 Å². The maximum Gasteiger partial charge on any atom is 0.0481 e. The number of nitrogens with zero attached hydrogens (tertiary/aromatic N) is 1. The molecule has 0 unspecified atom stereocenters. The van der Waals surface area contributed by atoms with Gasteiger partial charge in [0.15, 0.2) is 0 Å². The van der Waals surface area contributed by atoms with Crippen LogP contribution in [0.1, 0.15) is 35.1 Å². The van der Waals surface area contributed by atoms with E-state index in [1.54, 1.807) is 0 Å². The van der Waals surface area contributed by atoms with Crippen molar-refractivity contribution in [3.8, 4) is 11.1 Å². The maximum absolute atomic E-state index is 6.58. The summed E-state index contributed by atoms with van der Waals surface area (Å²) in [5, 5.41) is 0.824. The molecular formula is C26H26ClN. The van der Waals surface area contributed by atoms with Crippen LogP contribution in [0, 0.1) is 6.92 Å². The molecule has 1 aliphatic heterocycles. The lowest BCUT2D eigenvalue weighted by Gasteiger charge is -2.15. The van der Waals surface area contributed by atoms with Crippen LogP contribution in [0.5, 0.6) is 0 Å². The molecule has 1 saturated heterocycles. The number of hydrogen-bond acceptors (Lipinski definition) is 1. The van der Waals surface area contributed by atoms with Gasteiger partial charge in [-0.2, -0.15) is 0 Å². The van der Waals surface area contributed by atoms with E-state index in [2.05, 4.69) is 90.7 Å². The second-order valence-corrected chi connectivity index (χ2v) is 7.97. The SMILES string of the molecule is Cc1c(/C=C/c2ccc(CN3CCCC3)cc2Cl)cccc1-c1ccccc1. The van der Waals surface area contributed by atoms with Crippen LogP contribution in [0.15, 0.2) is 66.7 Å². The normalized spacial score (nSPS) is 14.8. The summed E-state index contributed by atoms with van der Waals surface area (Å²) < 4.78 is 0. The van der Waals surface area contributed by atoms with E-state index >= 15 is 0 Å². The summed E-state index contributed by atoms with van der Waals surface area (Å²) in [5.41, 5.74) is 7.39. The summed E-state index contributed by atoms with van der Waals surface area (Å²) in [6, 6.07) is 23.5. The highest BCUT2D eigenvalue weighted by atomic mass is 35.5. The molecule has 1 nitrogen and oxygen atoms in total. The van der Waals surface area contributed by atoms with Gasteiger partial charge in [0.05, 0.1) is 0 Å². The van der Waals surface area contributed by atoms with E-state index in [-0.39, 0.29) is 0 Å². The standard InChI is InChI=1S/C26H26ClN/c1-20-22(10-7-11-25(20)23-8-3-2-4-9-23)14-15-24-13-12-21(18-26(24)27)19-28-16-5-6-17-28/h2-4,7-15,18H,5-6,16-17,19H2,1H3/b15-14+. The smallest absolute Gasteiger partial charge is 0.0481 e. The summed E-state index contributed by atoms with van der Waals surface area (Å²) >= 11 is 6.58. The lowest BCUT2D eigenvalue weighted by molar-refractivity contribution is 0.331. The first-order chi connectivity index (χ1) is 13.7. The van der Waals surface area contributed by atoms with Crippen molar-refractivity contribution >= 4 is 23.8 Å². The van der Waals surface area contributed by atoms with Gasteiger partial charge in [-0.15, -0.1) is 0 Å². The van der Waals surface area contributed by atoms with E-state index in [0.29, 0.717) is 0 Å². The van der Waals surface area contributed by atoms with E-state index in [1.165, 1.54) is 53.7 Å². The molecule has 0 aromatic heterocycles. The Morgan fingerprint density at radius 1 is 0.857 bits per heavy atom. The van der Waals surface area contributed by atoms with Crippen molar-refractivity contribution in [2.45, 2.75) is 26.3 Å². The maximum atomic E-state index is 6.58. The van der Waals surface area contributed by atoms with Crippen molar-refractivity contribution in [1.29, 1.82) is 0 Å². The molecule has 28 heavy (non-hydrogen) atoms. The summed E-state index contributed by atoms with van der Waals surface area (Å²) in [6.07, 6.45) is 6.92. The van der Waals surface area contributed by atoms with Gasteiger partial charge in [-0.3, -0.25) is 4.90 Å². The van der Waals surface area contributed by atoms with Crippen molar-refractivity contribution in [2.24, 2.45) is 0 Å². The van der Waals surface area contributed by atoms with Crippen LogP contribution in [0.25, 0.3) is 23.3 Å². The predicted octanol–water partition coefficient (Wildman–Crippen LogP) is 7.08. The highest BCUT2D eigenvalue weighted by molar-refractivity contribution is 6.32. The van der Waals surface area contributed by atoms with Crippen LogP contribution in [0.2, 0.25) is 5.02 Å². The van der Waals surface area contributed by atoms with Crippen molar-refractivity contribution in [3.63, 3.8) is 0 Å². The molecule has 1 aliphatic rings.